The summed E-state index contributed by atoms with van der Waals surface area (Å²) in [6.45, 7) is 0.347. The van der Waals surface area contributed by atoms with E-state index in [0.717, 1.165) is 5.56 Å². The Morgan fingerprint density at radius 1 is 1.64 bits per heavy atom. The first kappa shape index (κ1) is 7.81. The van der Waals surface area contributed by atoms with Crippen LogP contribution < -0.4 is 16.0 Å². The van der Waals surface area contributed by atoms with E-state index < -0.39 is 0 Å². The molecule has 0 aliphatic heterocycles. The zero-order valence-electron chi connectivity index (χ0n) is 6.26. The van der Waals surface area contributed by atoms with Crippen LogP contribution in [0.4, 0.5) is 0 Å². The Morgan fingerprint density at radius 3 is 2.91 bits per heavy atom. The van der Waals surface area contributed by atoms with Crippen LogP contribution in [0.1, 0.15) is 5.56 Å². The summed E-state index contributed by atoms with van der Waals surface area (Å²) in [6.07, 6.45) is 0. The fourth-order valence-electron chi connectivity index (χ4n) is 0.800. The molecule has 0 aliphatic rings. The van der Waals surface area contributed by atoms with E-state index in [0.29, 0.717) is 12.4 Å². The van der Waals surface area contributed by atoms with E-state index in [2.05, 4.69) is 4.98 Å². The minimum Gasteiger partial charge on any atom is -0.482 e. The SMILES string of the molecule is COc1cc(CN)cc(=O)[nH]1. The van der Waals surface area contributed by atoms with Crippen LogP contribution in [0.15, 0.2) is 16.9 Å². The maximum Gasteiger partial charge on any atom is 0.250 e. The minimum absolute atomic E-state index is 0.190. The van der Waals surface area contributed by atoms with Gasteiger partial charge in [-0.1, -0.05) is 0 Å². The molecule has 0 aliphatic carbocycles. The van der Waals surface area contributed by atoms with Crippen molar-refractivity contribution in [3.63, 3.8) is 0 Å². The lowest BCUT2D eigenvalue weighted by atomic mass is 10.3. The molecule has 4 nitrogen and oxygen atoms in total. The van der Waals surface area contributed by atoms with Crippen molar-refractivity contribution in [1.82, 2.24) is 4.98 Å². The fraction of sp³-hybridized carbons (Fsp3) is 0.286. The molecular formula is C7H10N2O2. The lowest BCUT2D eigenvalue weighted by molar-refractivity contribution is 0.396. The van der Waals surface area contributed by atoms with E-state index in [9.17, 15) is 4.79 Å². The number of nitrogens with one attached hydrogen (secondary N) is 1. The highest BCUT2D eigenvalue weighted by Gasteiger charge is 1.95. The Balaban J connectivity index is 3.12. The molecule has 0 aromatic carbocycles. The predicted molar refractivity (Wildman–Crippen MR) is 41.5 cm³/mol. The highest BCUT2D eigenvalue weighted by molar-refractivity contribution is 5.19. The van der Waals surface area contributed by atoms with Crippen LogP contribution in [0.25, 0.3) is 0 Å². The second-order valence-electron chi connectivity index (χ2n) is 2.13. The van der Waals surface area contributed by atoms with Crippen LogP contribution in [-0.2, 0) is 6.54 Å². The highest BCUT2D eigenvalue weighted by Crippen LogP contribution is 2.03. The first-order chi connectivity index (χ1) is 5.26. The van der Waals surface area contributed by atoms with Crippen molar-refractivity contribution >= 4 is 0 Å². The summed E-state index contributed by atoms with van der Waals surface area (Å²) in [7, 11) is 1.49. The van der Waals surface area contributed by atoms with Gasteiger partial charge in [-0.25, -0.2) is 0 Å². The normalized spacial score (nSPS) is 9.64. The number of ether oxygens (including phenoxy) is 1. The number of methoxy groups -OCH3 is 1. The summed E-state index contributed by atoms with van der Waals surface area (Å²) in [5, 5.41) is 0. The van der Waals surface area contributed by atoms with Crippen molar-refractivity contribution in [2.45, 2.75) is 6.54 Å². The van der Waals surface area contributed by atoms with Gasteiger partial charge >= 0.3 is 0 Å². The van der Waals surface area contributed by atoms with Crippen molar-refractivity contribution in [2.24, 2.45) is 5.73 Å². The molecule has 0 radical (unpaired) electrons. The van der Waals surface area contributed by atoms with Gasteiger partial charge in [-0.2, -0.15) is 0 Å². The average molecular weight is 154 g/mol. The molecule has 0 saturated heterocycles. The second kappa shape index (κ2) is 3.21. The van der Waals surface area contributed by atoms with Crippen molar-refractivity contribution in [2.75, 3.05) is 7.11 Å². The largest absolute Gasteiger partial charge is 0.482 e. The van der Waals surface area contributed by atoms with E-state index in [1.807, 2.05) is 0 Å². The van der Waals surface area contributed by atoms with Gasteiger partial charge in [0.1, 0.15) is 0 Å². The maximum atomic E-state index is 10.8. The van der Waals surface area contributed by atoms with Gasteiger partial charge < -0.3 is 10.5 Å². The number of rotatable bonds is 2. The van der Waals surface area contributed by atoms with Crippen molar-refractivity contribution in [3.05, 3.63) is 28.0 Å². The number of hydrogen-bond donors (Lipinski definition) is 2. The monoisotopic (exact) mass is 154 g/mol. The Morgan fingerprint density at radius 2 is 2.36 bits per heavy atom. The molecule has 0 spiro atoms. The highest BCUT2D eigenvalue weighted by atomic mass is 16.5. The van der Waals surface area contributed by atoms with Crippen LogP contribution in [-0.4, -0.2) is 12.1 Å². The number of H-pyrrole nitrogens is 1. The van der Waals surface area contributed by atoms with Gasteiger partial charge in [0.2, 0.25) is 0 Å². The molecule has 0 atom stereocenters. The van der Waals surface area contributed by atoms with Crippen molar-refractivity contribution in [3.8, 4) is 5.88 Å². The third kappa shape index (κ3) is 1.81. The number of hydrogen-bond acceptors (Lipinski definition) is 3. The van der Waals surface area contributed by atoms with Gasteiger partial charge in [0.15, 0.2) is 5.88 Å². The van der Waals surface area contributed by atoms with Crippen molar-refractivity contribution < 1.29 is 4.74 Å². The number of nitrogens with two attached hydrogens (primary N) is 1. The molecule has 3 N–H and O–H groups in total. The van der Waals surface area contributed by atoms with E-state index >= 15 is 0 Å². The van der Waals surface area contributed by atoms with E-state index in [4.69, 9.17) is 10.5 Å². The van der Waals surface area contributed by atoms with Gasteiger partial charge in [0.25, 0.3) is 5.56 Å². The molecule has 60 valence electrons. The molecule has 1 heterocycles. The van der Waals surface area contributed by atoms with E-state index in [-0.39, 0.29) is 5.56 Å². The number of aromatic nitrogens is 1. The first-order valence-corrected chi connectivity index (χ1v) is 3.23. The fourth-order valence-corrected chi connectivity index (χ4v) is 0.800. The lowest BCUT2D eigenvalue weighted by Crippen LogP contribution is -2.09. The molecule has 0 amide bonds. The standard InChI is InChI=1S/C7H10N2O2/c1-11-7-3-5(4-8)2-6(10)9-7/h2-3H,4,8H2,1H3,(H,9,10). The van der Waals surface area contributed by atoms with Crippen LogP contribution in [0.3, 0.4) is 0 Å². The third-order valence-electron chi connectivity index (χ3n) is 1.33. The molecule has 0 bridgehead atoms. The summed E-state index contributed by atoms with van der Waals surface area (Å²) in [5.74, 6) is 0.443. The van der Waals surface area contributed by atoms with Gasteiger partial charge in [-0.05, 0) is 5.56 Å². The molecule has 1 aromatic rings. The quantitative estimate of drug-likeness (QED) is 0.622. The molecular weight excluding hydrogens is 144 g/mol. The Hall–Kier alpha value is -1.29. The molecule has 0 fully saturated rings. The number of aromatic amines is 1. The van der Waals surface area contributed by atoms with Crippen LogP contribution in [0.2, 0.25) is 0 Å². The van der Waals surface area contributed by atoms with Gasteiger partial charge in [0, 0.05) is 18.7 Å². The molecule has 11 heavy (non-hydrogen) atoms. The Bertz CT molecular complexity index is 267. The Kier molecular flexibility index (Phi) is 2.28. The molecule has 1 rings (SSSR count). The summed E-state index contributed by atoms with van der Waals surface area (Å²) in [6, 6.07) is 3.14. The summed E-state index contributed by atoms with van der Waals surface area (Å²) < 4.78 is 4.83. The first-order valence-electron chi connectivity index (χ1n) is 3.23. The van der Waals surface area contributed by atoms with Crippen molar-refractivity contribution in [1.29, 1.82) is 0 Å². The third-order valence-corrected chi connectivity index (χ3v) is 1.33. The minimum atomic E-state index is -0.190. The second-order valence-corrected chi connectivity index (χ2v) is 2.13. The topological polar surface area (TPSA) is 68.1 Å². The predicted octanol–water partition coefficient (Wildman–Crippen LogP) is -0.158. The van der Waals surface area contributed by atoms with Gasteiger partial charge in [-0.15, -0.1) is 0 Å². The zero-order valence-corrected chi connectivity index (χ0v) is 6.26. The number of pyridine rings is 1. The average Bonchev–Trinajstić information content (AvgIpc) is 2.03. The maximum absolute atomic E-state index is 10.8. The Labute approximate surface area is 64.0 Å². The smallest absolute Gasteiger partial charge is 0.250 e. The van der Waals surface area contributed by atoms with E-state index in [1.165, 1.54) is 13.2 Å². The molecule has 4 heteroatoms. The molecule has 0 saturated carbocycles. The zero-order chi connectivity index (χ0) is 8.27. The van der Waals surface area contributed by atoms with E-state index in [1.54, 1.807) is 6.07 Å². The molecule has 1 aromatic heterocycles. The summed E-state index contributed by atoms with van der Waals surface area (Å²) in [5.41, 5.74) is 5.91. The van der Waals surface area contributed by atoms with Crippen LogP contribution in [0.5, 0.6) is 5.88 Å². The summed E-state index contributed by atoms with van der Waals surface area (Å²) in [4.78, 5) is 13.3. The van der Waals surface area contributed by atoms with Gasteiger partial charge in [0.05, 0.1) is 7.11 Å². The lowest BCUT2D eigenvalue weighted by Gasteiger charge is -2.00. The molecule has 0 unspecified atom stereocenters. The van der Waals surface area contributed by atoms with Gasteiger partial charge in [-0.3, -0.25) is 9.78 Å². The summed E-state index contributed by atoms with van der Waals surface area (Å²) >= 11 is 0. The van der Waals surface area contributed by atoms with Crippen LogP contribution in [0, 0.1) is 0 Å². The van der Waals surface area contributed by atoms with Crippen LogP contribution >= 0.6 is 0 Å².